The molecule has 0 heterocycles. The highest BCUT2D eigenvalue weighted by Gasteiger charge is 2.18. The van der Waals surface area contributed by atoms with E-state index >= 15 is 0 Å². The molecule has 0 saturated heterocycles. The summed E-state index contributed by atoms with van der Waals surface area (Å²) in [6.07, 6.45) is 3.05. The molecule has 4 nitrogen and oxygen atoms in total. The predicted octanol–water partition coefficient (Wildman–Crippen LogP) is 2.46. The molecule has 0 aliphatic rings. The van der Waals surface area contributed by atoms with Crippen molar-refractivity contribution in [1.82, 2.24) is 10.0 Å². The number of hydrogen-bond acceptors (Lipinski definition) is 4. The van der Waals surface area contributed by atoms with E-state index in [1.807, 2.05) is 25.3 Å². The molecule has 0 aromatic heterocycles. The Morgan fingerprint density at radius 1 is 1.29 bits per heavy atom. The molecule has 0 amide bonds. The third-order valence-electron chi connectivity index (χ3n) is 3.08. The lowest BCUT2D eigenvalue weighted by molar-refractivity contribution is 0.560. The van der Waals surface area contributed by atoms with Gasteiger partial charge in [0.05, 0.1) is 4.90 Å². The number of sulfonamides is 1. The topological polar surface area (TPSA) is 58.2 Å². The second-order valence-corrected chi connectivity index (χ2v) is 7.84. The second-order valence-electron chi connectivity index (χ2n) is 5.20. The van der Waals surface area contributed by atoms with Crippen LogP contribution in [0.4, 0.5) is 0 Å². The van der Waals surface area contributed by atoms with E-state index in [-0.39, 0.29) is 0 Å². The smallest absolute Gasteiger partial charge is 0.240 e. The van der Waals surface area contributed by atoms with Crippen molar-refractivity contribution in [3.8, 4) is 0 Å². The number of hydrogen-bond donors (Lipinski definition) is 2. The molecule has 1 atom stereocenters. The van der Waals surface area contributed by atoms with Crippen LogP contribution in [0.25, 0.3) is 0 Å². The first kappa shape index (κ1) is 18.5. The predicted molar refractivity (Wildman–Crippen MR) is 91.2 cm³/mol. The van der Waals surface area contributed by atoms with Crippen molar-refractivity contribution in [2.45, 2.75) is 31.7 Å². The normalized spacial score (nSPS) is 13.3. The quantitative estimate of drug-likeness (QED) is 0.647. The molecule has 1 aromatic rings. The maximum Gasteiger partial charge on any atom is 0.240 e. The Kier molecular flexibility index (Phi) is 8.33. The van der Waals surface area contributed by atoms with Gasteiger partial charge < -0.3 is 5.32 Å². The fourth-order valence-electron chi connectivity index (χ4n) is 1.99. The molecule has 0 bridgehead atoms. The lowest BCUT2D eigenvalue weighted by Crippen LogP contribution is -2.30. The van der Waals surface area contributed by atoms with Crippen molar-refractivity contribution >= 4 is 21.8 Å². The lowest BCUT2D eigenvalue weighted by Gasteiger charge is -2.14. The van der Waals surface area contributed by atoms with Crippen LogP contribution < -0.4 is 10.0 Å². The van der Waals surface area contributed by atoms with Crippen LogP contribution in [0.3, 0.4) is 0 Å². The fourth-order valence-corrected chi connectivity index (χ4v) is 4.07. The van der Waals surface area contributed by atoms with Gasteiger partial charge in [0, 0.05) is 13.1 Å². The first-order valence-electron chi connectivity index (χ1n) is 7.28. The van der Waals surface area contributed by atoms with Gasteiger partial charge in [-0.05, 0) is 42.5 Å². The molecule has 1 rings (SSSR count). The van der Waals surface area contributed by atoms with Crippen molar-refractivity contribution in [3.63, 3.8) is 0 Å². The molecule has 6 heteroatoms. The minimum absolute atomic E-state index is 0.320. The van der Waals surface area contributed by atoms with E-state index in [0.717, 1.165) is 24.3 Å². The summed E-state index contributed by atoms with van der Waals surface area (Å²) in [4.78, 5) is 0.380. The van der Waals surface area contributed by atoms with Crippen LogP contribution in [0.2, 0.25) is 0 Å². The Morgan fingerprint density at radius 3 is 2.67 bits per heavy atom. The van der Waals surface area contributed by atoms with Crippen LogP contribution in [-0.4, -0.2) is 33.5 Å². The Bertz CT molecular complexity index is 518. The molecular weight excluding hydrogens is 304 g/mol. The first-order chi connectivity index (χ1) is 10.0. The minimum atomic E-state index is -3.44. The zero-order valence-electron chi connectivity index (χ0n) is 13.1. The molecular formula is C15H26N2O2S2. The van der Waals surface area contributed by atoms with E-state index < -0.39 is 10.0 Å². The van der Waals surface area contributed by atoms with Crippen molar-refractivity contribution in [2.75, 3.05) is 25.1 Å². The molecule has 0 aliphatic carbocycles. The average molecular weight is 331 g/mol. The zero-order chi connectivity index (χ0) is 15.7. The van der Waals surface area contributed by atoms with Gasteiger partial charge in [-0.3, -0.25) is 0 Å². The third kappa shape index (κ3) is 6.38. The van der Waals surface area contributed by atoms with E-state index in [4.69, 9.17) is 0 Å². The summed E-state index contributed by atoms with van der Waals surface area (Å²) in [7, 11) is -3.44. The van der Waals surface area contributed by atoms with Crippen molar-refractivity contribution in [1.29, 1.82) is 0 Å². The highest BCUT2D eigenvalue weighted by Crippen LogP contribution is 2.15. The summed E-state index contributed by atoms with van der Waals surface area (Å²) in [5.41, 5.74) is 0.816. The average Bonchev–Trinajstić information content (AvgIpc) is 2.46. The van der Waals surface area contributed by atoms with E-state index in [9.17, 15) is 8.42 Å². The summed E-state index contributed by atoms with van der Waals surface area (Å²) in [5, 5.41) is 3.25. The van der Waals surface area contributed by atoms with Crippen LogP contribution in [0.5, 0.6) is 0 Å². The molecule has 0 fully saturated rings. The first-order valence-corrected chi connectivity index (χ1v) is 10.2. The van der Waals surface area contributed by atoms with E-state index in [1.54, 1.807) is 23.9 Å². The van der Waals surface area contributed by atoms with E-state index in [1.165, 1.54) is 0 Å². The molecule has 120 valence electrons. The maximum absolute atomic E-state index is 12.4. The Hall–Kier alpha value is -0.560. The summed E-state index contributed by atoms with van der Waals surface area (Å²) in [6.45, 7) is 6.07. The van der Waals surface area contributed by atoms with Gasteiger partial charge in [-0.15, -0.1) is 0 Å². The van der Waals surface area contributed by atoms with Gasteiger partial charge in [0.15, 0.2) is 0 Å². The van der Waals surface area contributed by atoms with E-state index in [2.05, 4.69) is 17.0 Å². The number of nitrogens with one attached hydrogen (secondary N) is 2. The summed E-state index contributed by atoms with van der Waals surface area (Å²) >= 11 is 1.73. The van der Waals surface area contributed by atoms with Crippen LogP contribution in [0, 0.1) is 5.92 Å². The summed E-state index contributed by atoms with van der Waals surface area (Å²) in [6, 6.07) is 7.18. The largest absolute Gasteiger partial charge is 0.313 e. The molecule has 1 unspecified atom stereocenters. The molecule has 0 radical (unpaired) electrons. The monoisotopic (exact) mass is 330 g/mol. The van der Waals surface area contributed by atoms with Gasteiger partial charge in [0.2, 0.25) is 10.0 Å². The Balaban J connectivity index is 2.77. The van der Waals surface area contributed by atoms with Crippen molar-refractivity contribution in [2.24, 2.45) is 5.92 Å². The van der Waals surface area contributed by atoms with Gasteiger partial charge >= 0.3 is 0 Å². The Labute approximate surface area is 133 Å². The summed E-state index contributed by atoms with van der Waals surface area (Å²) in [5.74, 6) is 1.27. The van der Waals surface area contributed by atoms with Gasteiger partial charge in [-0.2, -0.15) is 11.8 Å². The van der Waals surface area contributed by atoms with Crippen LogP contribution in [0.15, 0.2) is 29.2 Å². The third-order valence-corrected chi connectivity index (χ3v) is 5.50. The minimum Gasteiger partial charge on any atom is -0.313 e. The molecule has 0 spiro atoms. The fraction of sp³-hybridized carbons (Fsp3) is 0.600. The standard InChI is InChI=1S/C15H26N2O2S2/c1-4-9-16-11-14-7-5-6-8-15(14)21(18,19)17-10-13(2)12-20-3/h5-8,13,16-17H,4,9-12H2,1-3H3. The second kappa shape index (κ2) is 9.46. The SMILES string of the molecule is CCCNCc1ccccc1S(=O)(=O)NCC(C)CSC. The van der Waals surface area contributed by atoms with Crippen molar-refractivity contribution in [3.05, 3.63) is 29.8 Å². The Morgan fingerprint density at radius 2 is 2.00 bits per heavy atom. The highest BCUT2D eigenvalue weighted by molar-refractivity contribution is 7.98. The number of thioether (sulfide) groups is 1. The lowest BCUT2D eigenvalue weighted by atomic mass is 10.2. The van der Waals surface area contributed by atoms with Crippen LogP contribution in [0.1, 0.15) is 25.8 Å². The summed E-state index contributed by atoms with van der Waals surface area (Å²) < 4.78 is 27.6. The molecule has 0 saturated carbocycles. The molecule has 0 aliphatic heterocycles. The van der Waals surface area contributed by atoms with Gasteiger partial charge in [-0.25, -0.2) is 13.1 Å². The molecule has 1 aromatic carbocycles. The number of benzene rings is 1. The van der Waals surface area contributed by atoms with Crippen LogP contribution >= 0.6 is 11.8 Å². The van der Waals surface area contributed by atoms with Gasteiger partial charge in [-0.1, -0.05) is 32.0 Å². The maximum atomic E-state index is 12.4. The highest BCUT2D eigenvalue weighted by atomic mass is 32.2. The van der Waals surface area contributed by atoms with Crippen LogP contribution in [-0.2, 0) is 16.6 Å². The van der Waals surface area contributed by atoms with Gasteiger partial charge in [0.25, 0.3) is 0 Å². The molecule has 2 N–H and O–H groups in total. The zero-order valence-corrected chi connectivity index (χ0v) is 14.7. The number of rotatable bonds is 10. The van der Waals surface area contributed by atoms with Gasteiger partial charge in [0.1, 0.15) is 0 Å². The van der Waals surface area contributed by atoms with E-state index in [0.29, 0.717) is 23.9 Å². The van der Waals surface area contributed by atoms with Crippen molar-refractivity contribution < 1.29 is 8.42 Å². The molecule has 21 heavy (non-hydrogen) atoms.